The molecule has 4 rings (SSSR count). The lowest BCUT2D eigenvalue weighted by Gasteiger charge is -2.27. The van der Waals surface area contributed by atoms with Crippen molar-refractivity contribution in [2.24, 2.45) is 0 Å². The minimum Gasteiger partial charge on any atom is -0.386 e. The number of hydrogen-bond acceptors (Lipinski definition) is 7. The van der Waals surface area contributed by atoms with E-state index >= 15 is 0 Å². The van der Waals surface area contributed by atoms with Crippen LogP contribution >= 0.6 is 11.6 Å². The van der Waals surface area contributed by atoms with Gasteiger partial charge in [-0.15, -0.1) is 0 Å². The molecule has 3 heterocycles. The van der Waals surface area contributed by atoms with Gasteiger partial charge in [0.05, 0.1) is 6.61 Å². The van der Waals surface area contributed by atoms with Crippen molar-refractivity contribution in [1.82, 2.24) is 0 Å². The van der Waals surface area contributed by atoms with Gasteiger partial charge in [0.2, 0.25) is 0 Å². The van der Waals surface area contributed by atoms with Crippen molar-refractivity contribution < 1.29 is 33.5 Å². The van der Waals surface area contributed by atoms with Gasteiger partial charge in [-0.1, -0.05) is 17.7 Å². The van der Waals surface area contributed by atoms with Gasteiger partial charge in [0.1, 0.15) is 24.4 Å². The summed E-state index contributed by atoms with van der Waals surface area (Å²) in [6.07, 6.45) is 0.587. The molecule has 3 aliphatic rings. The lowest BCUT2D eigenvalue weighted by molar-refractivity contribution is -0.237. The molecule has 6 atom stereocenters. The van der Waals surface area contributed by atoms with Crippen LogP contribution in [0.25, 0.3) is 0 Å². The summed E-state index contributed by atoms with van der Waals surface area (Å²) in [5.41, 5.74) is 1.64. The van der Waals surface area contributed by atoms with Crippen molar-refractivity contribution in [3.63, 3.8) is 0 Å². The zero-order valence-electron chi connectivity index (χ0n) is 17.7. The molecule has 1 N–H and O–H groups in total. The first-order valence-electron chi connectivity index (χ1n) is 10.6. The molecule has 0 radical (unpaired) electrons. The highest BCUT2D eigenvalue weighted by molar-refractivity contribution is 6.30. The number of aliphatic hydroxyl groups excluding tert-OH is 1. The average molecular weight is 443 g/mol. The highest BCUT2D eigenvalue weighted by Crippen LogP contribution is 2.43. The normalized spacial score (nSPS) is 34.1. The van der Waals surface area contributed by atoms with Gasteiger partial charge in [-0.05, 0) is 62.8 Å². The molecule has 3 saturated heterocycles. The van der Waals surface area contributed by atoms with Gasteiger partial charge in [0.15, 0.2) is 18.4 Å². The van der Waals surface area contributed by atoms with Crippen LogP contribution in [0.15, 0.2) is 18.2 Å². The molecular formula is C22H31ClO7. The minimum atomic E-state index is -0.923. The fraction of sp³-hybridized carbons (Fsp3) is 0.727. The molecule has 168 valence electrons. The van der Waals surface area contributed by atoms with Crippen LogP contribution in [-0.4, -0.2) is 62.1 Å². The lowest BCUT2D eigenvalue weighted by atomic mass is 9.94. The Morgan fingerprint density at radius 2 is 2.03 bits per heavy atom. The maximum absolute atomic E-state index is 11.2. The lowest BCUT2D eigenvalue weighted by Crippen LogP contribution is -2.34. The second-order valence-corrected chi connectivity index (χ2v) is 8.91. The number of rotatable bonds is 7. The number of halogens is 1. The van der Waals surface area contributed by atoms with E-state index in [1.165, 1.54) is 0 Å². The second kappa shape index (κ2) is 9.38. The molecular weight excluding hydrogens is 412 g/mol. The van der Waals surface area contributed by atoms with Crippen LogP contribution in [0.3, 0.4) is 0 Å². The van der Waals surface area contributed by atoms with Crippen LogP contribution in [0.5, 0.6) is 0 Å². The zero-order chi connectivity index (χ0) is 21.3. The topological polar surface area (TPSA) is 75.6 Å². The number of fused-ring (bicyclic) bond motifs is 1. The molecule has 1 unspecified atom stereocenters. The zero-order valence-corrected chi connectivity index (χ0v) is 18.5. The van der Waals surface area contributed by atoms with Gasteiger partial charge < -0.3 is 33.5 Å². The van der Waals surface area contributed by atoms with E-state index in [-0.39, 0.29) is 6.29 Å². The molecule has 7 nitrogen and oxygen atoms in total. The summed E-state index contributed by atoms with van der Waals surface area (Å²) in [6.45, 7) is 4.92. The highest BCUT2D eigenvalue weighted by Gasteiger charge is 2.57. The van der Waals surface area contributed by atoms with E-state index in [1.54, 1.807) is 13.2 Å². The first-order valence-corrected chi connectivity index (χ1v) is 11.0. The standard InChI is InChI=1S/C22H31ClO7/c1-22(2)29-19-18(28-21(25-3)20(19)30-22)17(24)15-8-7-14(23)12-13(15)9-11-27-16-6-4-5-10-26-16/h7-8,12,16-21,24H,4-6,9-11H2,1-3H3/t16?,17-,18-,19-,20-,21-/m1/s1. The third-order valence-electron chi connectivity index (χ3n) is 5.83. The Hall–Kier alpha value is -0.770. The summed E-state index contributed by atoms with van der Waals surface area (Å²) < 4.78 is 34.9. The Kier molecular flexibility index (Phi) is 7.01. The summed E-state index contributed by atoms with van der Waals surface area (Å²) in [7, 11) is 1.56. The highest BCUT2D eigenvalue weighted by atomic mass is 35.5. The summed E-state index contributed by atoms with van der Waals surface area (Å²) >= 11 is 6.24. The van der Waals surface area contributed by atoms with E-state index in [1.807, 2.05) is 26.0 Å². The number of aliphatic hydroxyl groups is 1. The molecule has 1 aromatic carbocycles. The van der Waals surface area contributed by atoms with E-state index in [2.05, 4.69) is 0 Å². The first kappa shape index (κ1) is 22.4. The van der Waals surface area contributed by atoms with Crippen LogP contribution in [0.2, 0.25) is 5.02 Å². The van der Waals surface area contributed by atoms with E-state index in [4.69, 9.17) is 40.0 Å². The van der Waals surface area contributed by atoms with Crippen molar-refractivity contribution in [2.75, 3.05) is 20.3 Å². The Balaban J connectivity index is 1.47. The van der Waals surface area contributed by atoms with Crippen molar-refractivity contribution in [3.05, 3.63) is 34.3 Å². The van der Waals surface area contributed by atoms with E-state index < -0.39 is 36.5 Å². The molecule has 8 heteroatoms. The van der Waals surface area contributed by atoms with Gasteiger partial charge in [0.25, 0.3) is 0 Å². The first-order chi connectivity index (χ1) is 14.4. The molecule has 3 aliphatic heterocycles. The summed E-state index contributed by atoms with van der Waals surface area (Å²) in [5.74, 6) is -0.759. The average Bonchev–Trinajstić information content (AvgIpc) is 3.21. The number of ether oxygens (including phenoxy) is 6. The smallest absolute Gasteiger partial charge is 0.186 e. The molecule has 1 aromatic rings. The third kappa shape index (κ3) is 4.84. The summed E-state index contributed by atoms with van der Waals surface area (Å²) in [6, 6.07) is 5.46. The molecule has 0 spiro atoms. The largest absolute Gasteiger partial charge is 0.386 e. The van der Waals surface area contributed by atoms with Gasteiger partial charge in [-0.2, -0.15) is 0 Å². The Labute approximate surface area is 182 Å². The van der Waals surface area contributed by atoms with Gasteiger partial charge in [0, 0.05) is 18.7 Å². The molecule has 0 aliphatic carbocycles. The monoisotopic (exact) mass is 442 g/mol. The molecule has 0 aromatic heterocycles. The van der Waals surface area contributed by atoms with Gasteiger partial charge >= 0.3 is 0 Å². The van der Waals surface area contributed by atoms with Crippen LogP contribution in [0.4, 0.5) is 0 Å². The Morgan fingerprint density at radius 3 is 2.77 bits per heavy atom. The van der Waals surface area contributed by atoms with Crippen LogP contribution in [-0.2, 0) is 34.8 Å². The molecule has 3 fully saturated rings. The van der Waals surface area contributed by atoms with E-state index in [9.17, 15) is 5.11 Å². The predicted octanol–water partition coefficient (Wildman–Crippen LogP) is 3.35. The van der Waals surface area contributed by atoms with Crippen molar-refractivity contribution in [2.45, 2.75) is 82.3 Å². The van der Waals surface area contributed by atoms with Crippen molar-refractivity contribution >= 4 is 11.6 Å². The number of benzene rings is 1. The molecule has 0 bridgehead atoms. The SMILES string of the molecule is CO[C@@H]1O[C@H]([C@H](O)c2ccc(Cl)cc2CCOC2CCCCO2)[C@H]2OC(C)(C)O[C@@H]12. The number of methoxy groups -OCH3 is 1. The molecule has 0 amide bonds. The van der Waals surface area contributed by atoms with Gasteiger partial charge in [-0.25, -0.2) is 0 Å². The van der Waals surface area contributed by atoms with Gasteiger partial charge in [-0.3, -0.25) is 0 Å². The summed E-state index contributed by atoms with van der Waals surface area (Å²) in [5, 5.41) is 11.9. The fourth-order valence-electron chi connectivity index (χ4n) is 4.43. The maximum atomic E-state index is 11.2. The minimum absolute atomic E-state index is 0.154. The van der Waals surface area contributed by atoms with Crippen LogP contribution < -0.4 is 0 Å². The summed E-state index contributed by atoms with van der Waals surface area (Å²) in [4.78, 5) is 0. The molecule has 0 saturated carbocycles. The predicted molar refractivity (Wildman–Crippen MR) is 109 cm³/mol. The Bertz CT molecular complexity index is 721. The van der Waals surface area contributed by atoms with Crippen molar-refractivity contribution in [3.8, 4) is 0 Å². The van der Waals surface area contributed by atoms with E-state index in [0.717, 1.165) is 37.0 Å². The Morgan fingerprint density at radius 1 is 1.23 bits per heavy atom. The quantitative estimate of drug-likeness (QED) is 0.693. The van der Waals surface area contributed by atoms with Crippen molar-refractivity contribution in [1.29, 1.82) is 0 Å². The second-order valence-electron chi connectivity index (χ2n) is 8.47. The number of hydrogen-bond donors (Lipinski definition) is 1. The third-order valence-corrected chi connectivity index (χ3v) is 6.06. The maximum Gasteiger partial charge on any atom is 0.186 e. The fourth-order valence-corrected chi connectivity index (χ4v) is 4.63. The van der Waals surface area contributed by atoms with Crippen LogP contribution in [0, 0.1) is 0 Å². The van der Waals surface area contributed by atoms with E-state index in [0.29, 0.717) is 18.1 Å². The molecule has 30 heavy (non-hydrogen) atoms. The van der Waals surface area contributed by atoms with Crippen LogP contribution in [0.1, 0.15) is 50.3 Å².